The second-order valence-corrected chi connectivity index (χ2v) is 10.7. The number of likely N-dealkylation sites (tertiary alicyclic amines) is 1. The minimum Gasteiger partial charge on any atom is -0.356 e. The number of hydrogen-bond donors (Lipinski definition) is 1. The monoisotopic (exact) mass is 451 g/mol. The maximum Gasteiger partial charge on any atom is 0.250 e. The topological polar surface area (TPSA) is 39.3 Å². The number of amides is 1. The van der Waals surface area contributed by atoms with Crippen molar-refractivity contribution in [3.8, 4) is 0 Å². The van der Waals surface area contributed by atoms with Crippen LogP contribution in [0.15, 0.2) is 18.2 Å². The van der Waals surface area contributed by atoms with Gasteiger partial charge in [-0.2, -0.15) is 0 Å². The number of fused-ring (bicyclic) bond motifs is 3. The van der Waals surface area contributed by atoms with Crippen LogP contribution in [0, 0.1) is 5.41 Å². The molecule has 0 aliphatic carbocycles. The van der Waals surface area contributed by atoms with Crippen molar-refractivity contribution in [3.05, 3.63) is 34.5 Å². The molecular weight excluding hydrogens is 420 g/mol. The van der Waals surface area contributed by atoms with Gasteiger partial charge in [-0.25, -0.2) is 8.78 Å². The summed E-state index contributed by atoms with van der Waals surface area (Å²) < 4.78 is 26.8. The third-order valence-electron chi connectivity index (χ3n) is 6.57. The lowest BCUT2D eigenvalue weighted by atomic mass is 9.83. The van der Waals surface area contributed by atoms with Gasteiger partial charge in [-0.15, -0.1) is 0 Å². The molecule has 1 aromatic carbocycles. The molecule has 0 radical (unpaired) electrons. The van der Waals surface area contributed by atoms with Gasteiger partial charge in [-0.3, -0.25) is 4.79 Å². The maximum absolute atomic E-state index is 13.4. The molecule has 1 unspecified atom stereocenters. The number of aromatic amines is 1. The number of nitrogens with one attached hydrogen (secondary N) is 1. The zero-order valence-electron chi connectivity index (χ0n) is 18.6. The van der Waals surface area contributed by atoms with Gasteiger partial charge in [0.2, 0.25) is 5.91 Å². The van der Waals surface area contributed by atoms with Crippen LogP contribution < -0.4 is 0 Å². The average molecular weight is 452 g/mol. The predicted octanol–water partition coefficient (Wildman–Crippen LogP) is 5.80. The van der Waals surface area contributed by atoms with Gasteiger partial charge in [0.15, 0.2) is 0 Å². The van der Waals surface area contributed by atoms with Crippen LogP contribution in [-0.4, -0.2) is 52.8 Å². The summed E-state index contributed by atoms with van der Waals surface area (Å²) in [6.07, 6.45) is 1.78. The van der Waals surface area contributed by atoms with Crippen molar-refractivity contribution >= 4 is 28.4 Å². The Morgan fingerprint density at radius 3 is 2.61 bits per heavy atom. The number of carbonyl (C=O) groups is 1. The zero-order chi connectivity index (χ0) is 22.4. The van der Waals surface area contributed by atoms with Crippen molar-refractivity contribution in [1.29, 1.82) is 0 Å². The Morgan fingerprint density at radius 1 is 1.23 bits per heavy atom. The molecular formula is C24H32ClF2N3O. The number of piperidine rings is 1. The van der Waals surface area contributed by atoms with Crippen LogP contribution in [0.4, 0.5) is 8.78 Å². The van der Waals surface area contributed by atoms with E-state index in [4.69, 9.17) is 11.6 Å². The summed E-state index contributed by atoms with van der Waals surface area (Å²) in [6, 6.07) is 5.87. The summed E-state index contributed by atoms with van der Waals surface area (Å²) in [5, 5.41) is 1.86. The van der Waals surface area contributed by atoms with Gasteiger partial charge in [-0.1, -0.05) is 32.4 Å². The van der Waals surface area contributed by atoms with E-state index >= 15 is 0 Å². The van der Waals surface area contributed by atoms with E-state index in [2.05, 4.69) is 25.8 Å². The molecule has 0 saturated carbocycles. The Balaban J connectivity index is 1.53. The molecule has 2 aliphatic heterocycles. The smallest absolute Gasteiger partial charge is 0.250 e. The minimum absolute atomic E-state index is 0.0203. The van der Waals surface area contributed by atoms with Crippen molar-refractivity contribution in [3.63, 3.8) is 0 Å². The van der Waals surface area contributed by atoms with E-state index in [0.29, 0.717) is 37.6 Å². The highest BCUT2D eigenvalue weighted by Gasteiger charge is 2.37. The van der Waals surface area contributed by atoms with Crippen molar-refractivity contribution in [2.75, 3.05) is 26.2 Å². The van der Waals surface area contributed by atoms with Crippen molar-refractivity contribution in [2.45, 2.75) is 64.8 Å². The molecule has 2 aliphatic rings. The Hall–Kier alpha value is -1.66. The Bertz CT molecular complexity index is 956. The first-order valence-corrected chi connectivity index (χ1v) is 11.6. The summed E-state index contributed by atoms with van der Waals surface area (Å²) in [4.78, 5) is 20.8. The number of aromatic nitrogens is 1. The molecule has 1 aromatic heterocycles. The van der Waals surface area contributed by atoms with Crippen LogP contribution in [0.5, 0.6) is 0 Å². The van der Waals surface area contributed by atoms with Crippen LogP contribution >= 0.6 is 11.6 Å². The second kappa shape index (κ2) is 8.36. The highest BCUT2D eigenvalue weighted by Crippen LogP contribution is 2.41. The zero-order valence-corrected chi connectivity index (χ0v) is 19.4. The van der Waals surface area contributed by atoms with Crippen LogP contribution in [-0.2, 0) is 11.2 Å². The lowest BCUT2D eigenvalue weighted by Crippen LogP contribution is -2.44. The molecule has 0 spiro atoms. The van der Waals surface area contributed by atoms with Crippen molar-refractivity contribution in [1.82, 2.24) is 14.8 Å². The van der Waals surface area contributed by atoms with Gasteiger partial charge in [-0.05, 0) is 42.0 Å². The standard InChI is InChI=1S/C24H32ClF2N3O/c1-23(2,3)15-20-22-17(18-14-16(25)4-5-19(18)28-22)6-11-30(20)21(31)7-10-29-12-8-24(26,27)9-13-29/h4-5,14,20,28H,6-13,15H2,1-3H3. The first-order chi connectivity index (χ1) is 14.5. The fourth-order valence-corrected chi connectivity index (χ4v) is 5.10. The number of hydrogen-bond acceptors (Lipinski definition) is 2. The number of halogens is 3. The molecule has 1 fully saturated rings. The Kier molecular flexibility index (Phi) is 6.08. The third kappa shape index (κ3) is 5.06. The summed E-state index contributed by atoms with van der Waals surface area (Å²) in [6.45, 7) is 8.51. The van der Waals surface area contributed by atoms with E-state index in [1.165, 1.54) is 5.56 Å². The number of alkyl halides is 2. The first kappa shape index (κ1) is 22.5. The largest absolute Gasteiger partial charge is 0.356 e. The molecule has 1 atom stereocenters. The molecule has 1 N–H and O–H groups in total. The summed E-state index contributed by atoms with van der Waals surface area (Å²) >= 11 is 6.24. The van der Waals surface area contributed by atoms with E-state index in [-0.39, 0.29) is 30.2 Å². The number of benzene rings is 1. The average Bonchev–Trinajstić information content (AvgIpc) is 3.04. The summed E-state index contributed by atoms with van der Waals surface area (Å²) in [5.41, 5.74) is 3.47. The van der Waals surface area contributed by atoms with E-state index in [0.717, 1.165) is 29.4 Å². The normalized spacial score (nSPS) is 22.0. The van der Waals surface area contributed by atoms with Crippen molar-refractivity contribution in [2.24, 2.45) is 5.41 Å². The van der Waals surface area contributed by atoms with E-state index in [1.54, 1.807) is 0 Å². The summed E-state index contributed by atoms with van der Waals surface area (Å²) in [5.74, 6) is -2.45. The first-order valence-electron chi connectivity index (χ1n) is 11.2. The van der Waals surface area contributed by atoms with Crippen molar-refractivity contribution < 1.29 is 13.6 Å². The summed E-state index contributed by atoms with van der Waals surface area (Å²) in [7, 11) is 0. The van der Waals surface area contributed by atoms with Crippen LogP contribution in [0.3, 0.4) is 0 Å². The molecule has 1 saturated heterocycles. The van der Waals surface area contributed by atoms with Gasteiger partial charge in [0.25, 0.3) is 5.92 Å². The lowest BCUT2D eigenvalue weighted by Gasteiger charge is -2.39. The number of nitrogens with zero attached hydrogens (tertiary/aromatic N) is 2. The van der Waals surface area contributed by atoms with E-state index < -0.39 is 5.92 Å². The predicted molar refractivity (Wildman–Crippen MR) is 121 cm³/mol. The van der Waals surface area contributed by atoms with Gasteiger partial charge >= 0.3 is 0 Å². The fraction of sp³-hybridized carbons (Fsp3) is 0.625. The molecule has 1 amide bonds. The molecule has 3 heterocycles. The third-order valence-corrected chi connectivity index (χ3v) is 6.80. The fourth-order valence-electron chi connectivity index (χ4n) is 4.93. The van der Waals surface area contributed by atoms with Crippen LogP contribution in [0.25, 0.3) is 10.9 Å². The highest BCUT2D eigenvalue weighted by molar-refractivity contribution is 6.31. The molecule has 7 heteroatoms. The van der Waals surface area contributed by atoms with E-state index in [9.17, 15) is 13.6 Å². The van der Waals surface area contributed by atoms with Crippen LogP contribution in [0.1, 0.15) is 63.8 Å². The number of H-pyrrole nitrogens is 1. The lowest BCUT2D eigenvalue weighted by molar-refractivity contribution is -0.135. The maximum atomic E-state index is 13.4. The second-order valence-electron chi connectivity index (χ2n) is 10.3. The highest BCUT2D eigenvalue weighted by atomic mass is 35.5. The number of carbonyl (C=O) groups excluding carboxylic acids is 1. The van der Waals surface area contributed by atoms with Crippen LogP contribution in [0.2, 0.25) is 5.02 Å². The number of rotatable bonds is 4. The molecule has 4 nitrogen and oxygen atoms in total. The molecule has 4 rings (SSSR count). The van der Waals surface area contributed by atoms with Gasteiger partial charge in [0, 0.05) is 67.1 Å². The van der Waals surface area contributed by atoms with Gasteiger partial charge < -0.3 is 14.8 Å². The molecule has 2 aromatic rings. The Morgan fingerprint density at radius 2 is 1.94 bits per heavy atom. The van der Waals surface area contributed by atoms with Gasteiger partial charge in [0.05, 0.1) is 6.04 Å². The van der Waals surface area contributed by atoms with E-state index in [1.807, 2.05) is 28.0 Å². The molecule has 0 bridgehead atoms. The molecule has 170 valence electrons. The molecule has 31 heavy (non-hydrogen) atoms. The van der Waals surface area contributed by atoms with Gasteiger partial charge in [0.1, 0.15) is 0 Å². The minimum atomic E-state index is -2.56. The Labute approximate surface area is 187 Å². The quantitative estimate of drug-likeness (QED) is 0.637. The SMILES string of the molecule is CC(C)(C)CC1c2[nH]c3ccc(Cl)cc3c2CCN1C(=O)CCN1CCC(F)(F)CC1.